The monoisotopic (exact) mass is 400 g/mol. The Bertz CT molecular complexity index is 677. The van der Waals surface area contributed by atoms with Crippen molar-refractivity contribution in [2.24, 2.45) is 34.5 Å². The fraction of sp³-hybridized carbons (Fsp3) is 0.885. The van der Waals surface area contributed by atoms with Crippen LogP contribution in [0.25, 0.3) is 0 Å². The van der Waals surface area contributed by atoms with Crippen LogP contribution in [0.5, 0.6) is 0 Å². The highest BCUT2D eigenvalue weighted by Gasteiger charge is 2.59. The van der Waals surface area contributed by atoms with Gasteiger partial charge in [-0.1, -0.05) is 25.5 Å². The first-order chi connectivity index (χ1) is 13.9. The standard InChI is InChI=1S/C26H40O3/c1-17(27)21-9-10-22-20-8-7-18-16-19(29-24-6-4-5-15-28-24)11-13-25(18,2)23(20)12-14-26(21,22)3/h7,19-24H,4-6,8-16H2,1-3H3. The van der Waals surface area contributed by atoms with Crippen LogP contribution in [0.2, 0.25) is 0 Å². The van der Waals surface area contributed by atoms with E-state index in [4.69, 9.17) is 9.47 Å². The summed E-state index contributed by atoms with van der Waals surface area (Å²) in [6.45, 7) is 7.71. The van der Waals surface area contributed by atoms with E-state index in [-0.39, 0.29) is 11.7 Å². The van der Waals surface area contributed by atoms with Gasteiger partial charge in [-0.2, -0.15) is 0 Å². The lowest BCUT2D eigenvalue weighted by Gasteiger charge is -2.58. The number of hydrogen-bond acceptors (Lipinski definition) is 3. The summed E-state index contributed by atoms with van der Waals surface area (Å²) in [5.41, 5.74) is 2.29. The lowest BCUT2D eigenvalue weighted by atomic mass is 9.47. The third-order valence-corrected chi connectivity index (χ3v) is 10.0. The van der Waals surface area contributed by atoms with Crippen molar-refractivity contribution in [1.29, 1.82) is 0 Å². The summed E-state index contributed by atoms with van der Waals surface area (Å²) in [5.74, 6) is 3.08. The van der Waals surface area contributed by atoms with Crippen molar-refractivity contribution in [3.8, 4) is 0 Å². The molecule has 1 saturated heterocycles. The van der Waals surface area contributed by atoms with Crippen LogP contribution in [0.4, 0.5) is 0 Å². The van der Waals surface area contributed by atoms with Crippen molar-refractivity contribution in [3.63, 3.8) is 0 Å². The maximum atomic E-state index is 12.3. The van der Waals surface area contributed by atoms with Gasteiger partial charge in [0, 0.05) is 12.5 Å². The Balaban J connectivity index is 1.32. The normalized spacial score (nSPS) is 49.6. The zero-order chi connectivity index (χ0) is 20.2. The first-order valence-electron chi connectivity index (χ1n) is 12.4. The van der Waals surface area contributed by atoms with Crippen LogP contribution in [-0.2, 0) is 14.3 Å². The number of hydrogen-bond donors (Lipinski definition) is 0. The van der Waals surface area contributed by atoms with Crippen molar-refractivity contribution in [3.05, 3.63) is 11.6 Å². The Hall–Kier alpha value is -0.670. The molecule has 0 radical (unpaired) electrons. The molecule has 0 spiro atoms. The van der Waals surface area contributed by atoms with Crippen LogP contribution in [-0.4, -0.2) is 24.8 Å². The number of carbonyl (C=O) groups excluding carboxylic acids is 1. The second kappa shape index (κ2) is 7.48. The van der Waals surface area contributed by atoms with Gasteiger partial charge in [-0.3, -0.25) is 4.79 Å². The zero-order valence-electron chi connectivity index (χ0n) is 18.8. The van der Waals surface area contributed by atoms with E-state index in [0.29, 0.717) is 23.2 Å². The highest BCUT2D eigenvalue weighted by molar-refractivity contribution is 5.79. The summed E-state index contributed by atoms with van der Waals surface area (Å²) >= 11 is 0. The molecule has 3 heteroatoms. The number of ether oxygens (including phenoxy) is 2. The van der Waals surface area contributed by atoms with Crippen molar-refractivity contribution in [1.82, 2.24) is 0 Å². The molecule has 5 rings (SSSR count). The van der Waals surface area contributed by atoms with Gasteiger partial charge < -0.3 is 9.47 Å². The number of rotatable bonds is 3. The Labute approximate surface area is 177 Å². The van der Waals surface area contributed by atoms with E-state index < -0.39 is 0 Å². The number of Topliss-reactive ketones (excluding diaryl/α,β-unsaturated/α-hetero) is 1. The molecule has 4 aliphatic carbocycles. The predicted molar refractivity (Wildman–Crippen MR) is 114 cm³/mol. The van der Waals surface area contributed by atoms with E-state index >= 15 is 0 Å². The molecular weight excluding hydrogens is 360 g/mol. The van der Waals surface area contributed by atoms with E-state index in [1.54, 1.807) is 5.57 Å². The zero-order valence-corrected chi connectivity index (χ0v) is 18.8. The SMILES string of the molecule is CC(=O)C1CCC2C3CC=C4CC(OC5CCCCO5)CCC4(C)C3CCC12C. The molecule has 162 valence electrons. The van der Waals surface area contributed by atoms with Gasteiger partial charge in [0.2, 0.25) is 0 Å². The summed E-state index contributed by atoms with van der Waals surface area (Å²) in [4.78, 5) is 12.3. The Morgan fingerprint density at radius 3 is 2.69 bits per heavy atom. The molecule has 3 saturated carbocycles. The molecule has 3 nitrogen and oxygen atoms in total. The number of fused-ring (bicyclic) bond motifs is 5. The molecule has 29 heavy (non-hydrogen) atoms. The highest BCUT2D eigenvalue weighted by atomic mass is 16.7. The molecule has 0 aromatic carbocycles. The molecule has 8 atom stereocenters. The lowest BCUT2D eigenvalue weighted by Crippen LogP contribution is -2.51. The predicted octanol–water partition coefficient (Wildman–Crippen LogP) is 6.07. The third kappa shape index (κ3) is 3.26. The number of ketones is 1. The first kappa shape index (κ1) is 20.2. The van der Waals surface area contributed by atoms with Crippen LogP contribution in [0.1, 0.15) is 91.4 Å². The second-order valence-electron chi connectivity index (χ2n) is 11.3. The molecule has 4 fully saturated rings. The smallest absolute Gasteiger partial charge is 0.157 e. The number of carbonyl (C=O) groups is 1. The lowest BCUT2D eigenvalue weighted by molar-refractivity contribution is -0.195. The maximum Gasteiger partial charge on any atom is 0.157 e. The minimum Gasteiger partial charge on any atom is -0.353 e. The quantitative estimate of drug-likeness (QED) is 0.540. The van der Waals surface area contributed by atoms with Gasteiger partial charge in [-0.15, -0.1) is 0 Å². The molecule has 5 aliphatic rings. The fourth-order valence-corrected chi connectivity index (χ4v) is 8.44. The minimum atomic E-state index is 0.0347. The van der Waals surface area contributed by atoms with Crippen LogP contribution < -0.4 is 0 Å². The molecule has 0 amide bonds. The largest absolute Gasteiger partial charge is 0.353 e. The van der Waals surface area contributed by atoms with Crippen LogP contribution in [0.3, 0.4) is 0 Å². The Morgan fingerprint density at radius 1 is 1.07 bits per heavy atom. The van der Waals surface area contributed by atoms with E-state index in [1.165, 1.54) is 51.4 Å². The van der Waals surface area contributed by atoms with Gasteiger partial charge >= 0.3 is 0 Å². The van der Waals surface area contributed by atoms with Crippen molar-refractivity contribution in [2.45, 2.75) is 104 Å². The van der Waals surface area contributed by atoms with E-state index in [1.807, 2.05) is 6.92 Å². The number of allylic oxidation sites excluding steroid dienone is 1. The Morgan fingerprint density at radius 2 is 1.93 bits per heavy atom. The summed E-state index contributed by atoms with van der Waals surface area (Å²) in [6.07, 6.45) is 16.2. The van der Waals surface area contributed by atoms with Crippen LogP contribution in [0.15, 0.2) is 11.6 Å². The summed E-state index contributed by atoms with van der Waals surface area (Å²) in [7, 11) is 0. The molecule has 0 bridgehead atoms. The first-order valence-corrected chi connectivity index (χ1v) is 12.4. The van der Waals surface area contributed by atoms with Gasteiger partial charge in [0.25, 0.3) is 0 Å². The summed E-state index contributed by atoms with van der Waals surface area (Å²) in [5, 5.41) is 0. The van der Waals surface area contributed by atoms with Crippen molar-refractivity contribution < 1.29 is 14.3 Å². The van der Waals surface area contributed by atoms with Crippen LogP contribution >= 0.6 is 0 Å². The third-order valence-electron chi connectivity index (χ3n) is 10.0. The second-order valence-corrected chi connectivity index (χ2v) is 11.3. The molecular formula is C26H40O3. The van der Waals surface area contributed by atoms with Gasteiger partial charge in [-0.05, 0) is 106 Å². The molecule has 0 N–H and O–H groups in total. The van der Waals surface area contributed by atoms with Gasteiger partial charge in [-0.25, -0.2) is 0 Å². The fourth-order valence-electron chi connectivity index (χ4n) is 8.44. The summed E-state index contributed by atoms with van der Waals surface area (Å²) in [6, 6.07) is 0. The van der Waals surface area contributed by atoms with Crippen LogP contribution in [0, 0.1) is 34.5 Å². The van der Waals surface area contributed by atoms with E-state index in [0.717, 1.165) is 43.6 Å². The summed E-state index contributed by atoms with van der Waals surface area (Å²) < 4.78 is 12.2. The minimum absolute atomic E-state index is 0.0347. The molecule has 0 aromatic heterocycles. The maximum absolute atomic E-state index is 12.3. The Kier molecular flexibility index (Phi) is 5.22. The van der Waals surface area contributed by atoms with Gasteiger partial charge in [0.15, 0.2) is 6.29 Å². The average Bonchev–Trinajstić information content (AvgIpc) is 3.06. The average molecular weight is 401 g/mol. The topological polar surface area (TPSA) is 35.5 Å². The molecule has 8 unspecified atom stereocenters. The molecule has 1 aliphatic heterocycles. The van der Waals surface area contributed by atoms with Gasteiger partial charge in [0.1, 0.15) is 5.78 Å². The molecule has 1 heterocycles. The van der Waals surface area contributed by atoms with E-state index in [9.17, 15) is 4.79 Å². The van der Waals surface area contributed by atoms with Crippen molar-refractivity contribution in [2.75, 3.05) is 6.61 Å². The van der Waals surface area contributed by atoms with E-state index in [2.05, 4.69) is 19.9 Å². The van der Waals surface area contributed by atoms with Gasteiger partial charge in [0.05, 0.1) is 6.10 Å². The highest BCUT2D eigenvalue weighted by Crippen LogP contribution is 2.66. The van der Waals surface area contributed by atoms with Crippen molar-refractivity contribution >= 4 is 5.78 Å². The molecule has 0 aromatic rings.